The van der Waals surface area contributed by atoms with Crippen LogP contribution >= 0.6 is 23.2 Å². The molecule has 1 atom stereocenters. The maximum Gasteiger partial charge on any atom is 0.240 e. The lowest BCUT2D eigenvalue weighted by Gasteiger charge is -2.50. The van der Waals surface area contributed by atoms with Gasteiger partial charge in [0.05, 0.1) is 4.90 Å². The van der Waals surface area contributed by atoms with Crippen LogP contribution in [0.5, 0.6) is 5.75 Å². The Hall–Kier alpha value is -2.09. The van der Waals surface area contributed by atoms with Crippen molar-refractivity contribution in [2.75, 3.05) is 19.7 Å². The number of ether oxygens (including phenoxy) is 1. The maximum atomic E-state index is 12.5. The molecule has 184 valence electrons. The SMILES string of the molecule is O=S(=O)(NCCOc1ccc2c(c1)C(C1(c3ccc(Cl)cc3)CCC1)NCC2)c1cccc(Cl)c1. The van der Waals surface area contributed by atoms with Crippen LogP contribution in [0.25, 0.3) is 0 Å². The van der Waals surface area contributed by atoms with Gasteiger partial charge in [0.2, 0.25) is 10.0 Å². The van der Waals surface area contributed by atoms with Gasteiger partial charge in [-0.05, 0) is 85.0 Å². The fraction of sp³-hybridized carbons (Fsp3) is 0.333. The fourth-order valence-electron chi connectivity index (χ4n) is 5.26. The van der Waals surface area contributed by atoms with Crippen molar-refractivity contribution in [2.24, 2.45) is 0 Å². The third kappa shape index (κ3) is 5.09. The highest BCUT2D eigenvalue weighted by Gasteiger charge is 2.47. The summed E-state index contributed by atoms with van der Waals surface area (Å²) in [6.07, 6.45) is 4.44. The van der Waals surface area contributed by atoms with Gasteiger partial charge in [0, 0.05) is 28.0 Å². The molecule has 1 heterocycles. The van der Waals surface area contributed by atoms with Gasteiger partial charge in [-0.3, -0.25) is 0 Å². The van der Waals surface area contributed by atoms with E-state index in [1.165, 1.54) is 35.2 Å². The molecule has 5 nitrogen and oxygen atoms in total. The molecule has 0 aromatic heterocycles. The van der Waals surface area contributed by atoms with E-state index in [-0.39, 0.29) is 29.5 Å². The predicted octanol–water partition coefficient (Wildman–Crippen LogP) is 5.66. The lowest BCUT2D eigenvalue weighted by Crippen LogP contribution is -2.49. The van der Waals surface area contributed by atoms with Gasteiger partial charge in [-0.15, -0.1) is 0 Å². The van der Waals surface area contributed by atoms with Crippen molar-refractivity contribution in [3.63, 3.8) is 0 Å². The lowest BCUT2D eigenvalue weighted by atomic mass is 9.58. The van der Waals surface area contributed by atoms with E-state index in [1.807, 2.05) is 18.2 Å². The second kappa shape index (κ2) is 10.1. The number of benzene rings is 3. The summed E-state index contributed by atoms with van der Waals surface area (Å²) < 4.78 is 33.5. The zero-order valence-electron chi connectivity index (χ0n) is 19.3. The summed E-state index contributed by atoms with van der Waals surface area (Å²) in [5.41, 5.74) is 3.97. The minimum Gasteiger partial charge on any atom is -0.492 e. The van der Waals surface area contributed by atoms with Crippen molar-refractivity contribution in [1.29, 1.82) is 0 Å². The zero-order chi connectivity index (χ0) is 24.5. The molecular formula is C27H28Cl2N2O3S. The number of fused-ring (bicyclic) bond motifs is 1. The molecule has 1 fully saturated rings. The first-order valence-electron chi connectivity index (χ1n) is 11.9. The van der Waals surface area contributed by atoms with Gasteiger partial charge in [0.1, 0.15) is 12.4 Å². The number of sulfonamides is 1. The largest absolute Gasteiger partial charge is 0.492 e. The molecule has 1 saturated carbocycles. The second-order valence-corrected chi connectivity index (χ2v) is 11.9. The van der Waals surface area contributed by atoms with Gasteiger partial charge in [-0.1, -0.05) is 53.9 Å². The van der Waals surface area contributed by atoms with Crippen LogP contribution in [0, 0.1) is 0 Å². The summed E-state index contributed by atoms with van der Waals surface area (Å²) in [6, 6.07) is 20.9. The van der Waals surface area contributed by atoms with Crippen LogP contribution in [-0.4, -0.2) is 28.1 Å². The molecule has 1 aliphatic carbocycles. The summed E-state index contributed by atoms with van der Waals surface area (Å²) in [4.78, 5) is 0.140. The summed E-state index contributed by atoms with van der Waals surface area (Å²) in [6.45, 7) is 1.32. The Morgan fingerprint density at radius 3 is 2.51 bits per heavy atom. The standard InChI is InChI=1S/C27H28Cl2N2O3S/c28-21-8-6-20(7-9-21)27(12-2-13-27)26-25-18-23(10-5-19(25)11-14-30-26)34-16-15-31-35(32,33)24-4-1-3-22(29)17-24/h1,3-10,17-18,26,30-31H,2,11-16H2. The Balaban J connectivity index is 1.29. The third-order valence-electron chi connectivity index (χ3n) is 7.16. The molecule has 35 heavy (non-hydrogen) atoms. The molecule has 1 aliphatic heterocycles. The molecule has 3 aromatic carbocycles. The van der Waals surface area contributed by atoms with Crippen LogP contribution in [0.1, 0.15) is 42.0 Å². The summed E-state index contributed by atoms with van der Waals surface area (Å²) in [5.74, 6) is 0.741. The van der Waals surface area contributed by atoms with E-state index >= 15 is 0 Å². The molecule has 8 heteroatoms. The Kier molecular flexibility index (Phi) is 7.11. The van der Waals surface area contributed by atoms with Crippen LogP contribution in [0.15, 0.2) is 71.6 Å². The molecule has 2 N–H and O–H groups in total. The molecule has 5 rings (SSSR count). The van der Waals surface area contributed by atoms with Crippen molar-refractivity contribution in [3.8, 4) is 5.75 Å². The maximum absolute atomic E-state index is 12.5. The summed E-state index contributed by atoms with van der Waals surface area (Å²) >= 11 is 12.1. The van der Waals surface area contributed by atoms with Crippen LogP contribution < -0.4 is 14.8 Å². The number of hydrogen-bond donors (Lipinski definition) is 2. The van der Waals surface area contributed by atoms with E-state index in [2.05, 4.69) is 34.3 Å². The molecule has 0 bridgehead atoms. The molecule has 0 spiro atoms. The van der Waals surface area contributed by atoms with Crippen LogP contribution in [0.2, 0.25) is 10.0 Å². The van der Waals surface area contributed by atoms with Gasteiger partial charge in [0.15, 0.2) is 0 Å². The van der Waals surface area contributed by atoms with E-state index in [0.717, 1.165) is 36.6 Å². The van der Waals surface area contributed by atoms with E-state index < -0.39 is 10.0 Å². The molecule has 0 radical (unpaired) electrons. The first kappa shape index (κ1) is 24.6. The number of nitrogens with one attached hydrogen (secondary N) is 2. The average Bonchev–Trinajstić information content (AvgIpc) is 2.82. The zero-order valence-corrected chi connectivity index (χ0v) is 21.6. The van der Waals surface area contributed by atoms with Crippen molar-refractivity contribution in [1.82, 2.24) is 10.0 Å². The lowest BCUT2D eigenvalue weighted by molar-refractivity contribution is 0.164. The number of rotatable bonds is 8. The Labute approximate surface area is 216 Å². The highest BCUT2D eigenvalue weighted by Crippen LogP contribution is 2.53. The van der Waals surface area contributed by atoms with Crippen molar-refractivity contribution >= 4 is 33.2 Å². The average molecular weight is 532 g/mol. The number of hydrogen-bond acceptors (Lipinski definition) is 4. The highest BCUT2D eigenvalue weighted by atomic mass is 35.5. The van der Waals surface area contributed by atoms with Crippen LogP contribution in [0.3, 0.4) is 0 Å². The fourth-order valence-corrected chi connectivity index (χ4v) is 6.70. The van der Waals surface area contributed by atoms with Gasteiger partial charge in [0.25, 0.3) is 0 Å². The normalized spacial score (nSPS) is 19.0. The first-order valence-corrected chi connectivity index (χ1v) is 14.1. The monoisotopic (exact) mass is 530 g/mol. The van der Waals surface area contributed by atoms with E-state index in [1.54, 1.807) is 12.1 Å². The third-order valence-corrected chi connectivity index (χ3v) is 9.10. The molecule has 0 amide bonds. The Morgan fingerprint density at radius 1 is 1.00 bits per heavy atom. The second-order valence-electron chi connectivity index (χ2n) is 9.22. The minimum absolute atomic E-state index is 0.0466. The van der Waals surface area contributed by atoms with Gasteiger partial charge >= 0.3 is 0 Å². The van der Waals surface area contributed by atoms with Gasteiger partial charge < -0.3 is 10.1 Å². The first-order chi connectivity index (χ1) is 16.9. The molecular weight excluding hydrogens is 503 g/mol. The quantitative estimate of drug-likeness (QED) is 0.368. The van der Waals surface area contributed by atoms with Crippen molar-refractivity contribution in [3.05, 3.63) is 93.5 Å². The molecule has 2 aliphatic rings. The smallest absolute Gasteiger partial charge is 0.240 e. The predicted molar refractivity (Wildman–Crippen MR) is 140 cm³/mol. The molecule has 0 saturated heterocycles. The molecule has 1 unspecified atom stereocenters. The Bertz CT molecular complexity index is 1310. The van der Waals surface area contributed by atoms with E-state index in [9.17, 15) is 8.42 Å². The summed E-state index contributed by atoms with van der Waals surface area (Å²) in [5, 5.41) is 4.91. The van der Waals surface area contributed by atoms with Crippen LogP contribution in [-0.2, 0) is 21.9 Å². The van der Waals surface area contributed by atoms with Gasteiger partial charge in [-0.2, -0.15) is 0 Å². The highest BCUT2D eigenvalue weighted by molar-refractivity contribution is 7.89. The summed E-state index contributed by atoms with van der Waals surface area (Å²) in [7, 11) is -3.64. The Morgan fingerprint density at radius 2 is 1.80 bits per heavy atom. The van der Waals surface area contributed by atoms with E-state index in [4.69, 9.17) is 27.9 Å². The topological polar surface area (TPSA) is 67.4 Å². The number of halogens is 2. The van der Waals surface area contributed by atoms with Crippen molar-refractivity contribution < 1.29 is 13.2 Å². The van der Waals surface area contributed by atoms with E-state index in [0.29, 0.717) is 5.02 Å². The van der Waals surface area contributed by atoms with Crippen molar-refractivity contribution in [2.45, 2.75) is 42.0 Å². The van der Waals surface area contributed by atoms with Crippen LogP contribution in [0.4, 0.5) is 0 Å². The molecule has 3 aromatic rings. The minimum atomic E-state index is -3.64. The van der Waals surface area contributed by atoms with Gasteiger partial charge in [-0.25, -0.2) is 13.1 Å².